The summed E-state index contributed by atoms with van der Waals surface area (Å²) in [6.07, 6.45) is 5.41. The molecule has 0 spiro atoms. The molecule has 1 saturated heterocycles. The van der Waals surface area contributed by atoms with E-state index in [9.17, 15) is 0 Å². The van der Waals surface area contributed by atoms with E-state index in [4.69, 9.17) is 5.73 Å². The number of nitrogens with two attached hydrogens (primary N) is 1. The van der Waals surface area contributed by atoms with Crippen LogP contribution in [-0.4, -0.2) is 31.1 Å². The Morgan fingerprint density at radius 3 is 2.67 bits per heavy atom. The minimum atomic E-state index is 0.882. The summed E-state index contributed by atoms with van der Waals surface area (Å²) >= 11 is 0. The van der Waals surface area contributed by atoms with Gasteiger partial charge in [-0.2, -0.15) is 0 Å². The Kier molecular flexibility index (Phi) is 5.49. The predicted molar refractivity (Wildman–Crippen MR) is 77.5 cm³/mol. The van der Waals surface area contributed by atoms with E-state index in [1.165, 1.54) is 50.9 Å². The van der Waals surface area contributed by atoms with Crippen molar-refractivity contribution in [2.45, 2.75) is 32.2 Å². The summed E-state index contributed by atoms with van der Waals surface area (Å²) in [5, 5.41) is 3.48. The van der Waals surface area contributed by atoms with Gasteiger partial charge in [0.25, 0.3) is 0 Å². The standard InChI is InChI=1S/C15H25N3/c16-15-8-3-2-7-14(15)13-17-9-6-12-18-10-4-1-5-11-18/h2-3,7-8,17H,1,4-6,9-13,16H2. The van der Waals surface area contributed by atoms with E-state index < -0.39 is 0 Å². The van der Waals surface area contributed by atoms with Gasteiger partial charge in [-0.25, -0.2) is 0 Å². The molecule has 0 amide bonds. The van der Waals surface area contributed by atoms with Gasteiger partial charge in [-0.15, -0.1) is 0 Å². The summed E-state index contributed by atoms with van der Waals surface area (Å²) in [5.41, 5.74) is 8.00. The van der Waals surface area contributed by atoms with Crippen LogP contribution in [0.5, 0.6) is 0 Å². The summed E-state index contributed by atoms with van der Waals surface area (Å²) in [6.45, 7) is 5.78. The van der Waals surface area contributed by atoms with E-state index in [0.29, 0.717) is 0 Å². The van der Waals surface area contributed by atoms with Gasteiger partial charge in [0.15, 0.2) is 0 Å². The Balaban J connectivity index is 1.57. The van der Waals surface area contributed by atoms with Gasteiger partial charge in [0, 0.05) is 12.2 Å². The van der Waals surface area contributed by atoms with Gasteiger partial charge in [-0.3, -0.25) is 0 Å². The van der Waals surface area contributed by atoms with Crippen LogP contribution < -0.4 is 11.1 Å². The van der Waals surface area contributed by atoms with E-state index in [2.05, 4.69) is 16.3 Å². The van der Waals surface area contributed by atoms with E-state index in [1.807, 2.05) is 18.2 Å². The van der Waals surface area contributed by atoms with E-state index in [1.54, 1.807) is 0 Å². The van der Waals surface area contributed by atoms with Crippen molar-refractivity contribution >= 4 is 5.69 Å². The number of hydrogen-bond acceptors (Lipinski definition) is 3. The largest absolute Gasteiger partial charge is 0.398 e. The Morgan fingerprint density at radius 1 is 1.11 bits per heavy atom. The number of rotatable bonds is 6. The second kappa shape index (κ2) is 7.39. The van der Waals surface area contributed by atoms with Crippen LogP contribution in [0.3, 0.4) is 0 Å². The minimum absolute atomic E-state index is 0.882. The van der Waals surface area contributed by atoms with Crippen LogP contribution in [0.1, 0.15) is 31.2 Å². The van der Waals surface area contributed by atoms with E-state index >= 15 is 0 Å². The smallest absolute Gasteiger partial charge is 0.0359 e. The molecule has 0 aliphatic carbocycles. The fourth-order valence-electron chi connectivity index (χ4n) is 2.53. The van der Waals surface area contributed by atoms with E-state index in [0.717, 1.165) is 18.8 Å². The van der Waals surface area contributed by atoms with Crippen LogP contribution in [0, 0.1) is 0 Å². The zero-order valence-corrected chi connectivity index (χ0v) is 11.2. The number of piperidine rings is 1. The summed E-state index contributed by atoms with van der Waals surface area (Å²) in [5.74, 6) is 0. The zero-order chi connectivity index (χ0) is 12.6. The molecule has 1 aliphatic rings. The maximum atomic E-state index is 5.90. The van der Waals surface area contributed by atoms with Gasteiger partial charge >= 0.3 is 0 Å². The van der Waals surface area contributed by atoms with Crippen molar-refractivity contribution in [1.82, 2.24) is 10.2 Å². The molecular weight excluding hydrogens is 222 g/mol. The molecule has 1 aliphatic heterocycles. The van der Waals surface area contributed by atoms with Gasteiger partial charge in [0.2, 0.25) is 0 Å². The molecule has 0 radical (unpaired) electrons. The average molecular weight is 247 g/mol. The molecule has 1 fully saturated rings. The normalized spacial score (nSPS) is 16.9. The quantitative estimate of drug-likeness (QED) is 0.598. The maximum absolute atomic E-state index is 5.90. The van der Waals surface area contributed by atoms with E-state index in [-0.39, 0.29) is 0 Å². The van der Waals surface area contributed by atoms with Gasteiger partial charge < -0.3 is 16.0 Å². The lowest BCUT2D eigenvalue weighted by atomic mass is 10.1. The van der Waals surface area contributed by atoms with Gasteiger partial charge in [-0.05, 0) is 57.1 Å². The molecule has 0 atom stereocenters. The molecule has 3 nitrogen and oxygen atoms in total. The van der Waals surface area contributed by atoms with Crippen molar-refractivity contribution in [2.75, 3.05) is 31.9 Å². The molecule has 1 aromatic carbocycles. The summed E-state index contributed by atoms with van der Waals surface area (Å²) in [7, 11) is 0. The SMILES string of the molecule is Nc1ccccc1CNCCCN1CCCCC1. The Hall–Kier alpha value is -1.06. The molecule has 1 heterocycles. The Morgan fingerprint density at radius 2 is 1.89 bits per heavy atom. The number of anilines is 1. The van der Waals surface area contributed by atoms with Crippen LogP contribution in [0.2, 0.25) is 0 Å². The number of para-hydroxylation sites is 1. The lowest BCUT2D eigenvalue weighted by Crippen LogP contribution is -2.32. The first kappa shape index (κ1) is 13.4. The average Bonchev–Trinajstić information content (AvgIpc) is 2.42. The fourth-order valence-corrected chi connectivity index (χ4v) is 2.53. The van der Waals surface area contributed by atoms with Gasteiger partial charge in [0.1, 0.15) is 0 Å². The van der Waals surface area contributed by atoms with Crippen LogP contribution >= 0.6 is 0 Å². The van der Waals surface area contributed by atoms with Crippen LogP contribution in [0.25, 0.3) is 0 Å². The Labute approximate surface area is 110 Å². The van der Waals surface area contributed by atoms with Crippen molar-refractivity contribution in [2.24, 2.45) is 0 Å². The fraction of sp³-hybridized carbons (Fsp3) is 0.600. The summed E-state index contributed by atoms with van der Waals surface area (Å²) in [4.78, 5) is 2.59. The van der Waals surface area contributed by atoms with Crippen molar-refractivity contribution in [3.8, 4) is 0 Å². The molecule has 3 N–H and O–H groups in total. The Bertz CT molecular complexity index is 345. The van der Waals surface area contributed by atoms with Crippen molar-refractivity contribution in [3.63, 3.8) is 0 Å². The molecule has 0 saturated carbocycles. The molecule has 0 bridgehead atoms. The number of nitrogens with zero attached hydrogens (tertiary/aromatic N) is 1. The highest BCUT2D eigenvalue weighted by molar-refractivity contribution is 5.46. The maximum Gasteiger partial charge on any atom is 0.0359 e. The number of hydrogen-bond donors (Lipinski definition) is 2. The van der Waals surface area contributed by atoms with Crippen LogP contribution in [0.15, 0.2) is 24.3 Å². The second-order valence-corrected chi connectivity index (χ2v) is 5.13. The number of nitrogens with one attached hydrogen (secondary N) is 1. The van der Waals surface area contributed by atoms with Gasteiger partial charge in [-0.1, -0.05) is 24.6 Å². The third-order valence-corrected chi connectivity index (χ3v) is 3.65. The number of nitrogen functional groups attached to an aromatic ring is 1. The first-order chi connectivity index (χ1) is 8.86. The van der Waals surface area contributed by atoms with Crippen LogP contribution in [-0.2, 0) is 6.54 Å². The molecule has 3 heteroatoms. The molecule has 1 aromatic rings. The van der Waals surface area contributed by atoms with Gasteiger partial charge in [0.05, 0.1) is 0 Å². The first-order valence-corrected chi connectivity index (χ1v) is 7.13. The molecule has 18 heavy (non-hydrogen) atoms. The molecular formula is C15H25N3. The molecule has 2 rings (SSSR count). The lowest BCUT2D eigenvalue weighted by molar-refractivity contribution is 0.225. The summed E-state index contributed by atoms with van der Waals surface area (Å²) in [6, 6.07) is 8.08. The number of benzene rings is 1. The highest BCUT2D eigenvalue weighted by Crippen LogP contribution is 2.10. The third-order valence-electron chi connectivity index (χ3n) is 3.65. The summed E-state index contributed by atoms with van der Waals surface area (Å²) < 4.78 is 0. The predicted octanol–water partition coefficient (Wildman–Crippen LogP) is 2.23. The highest BCUT2D eigenvalue weighted by Gasteiger charge is 2.08. The van der Waals surface area contributed by atoms with Crippen LogP contribution in [0.4, 0.5) is 5.69 Å². The monoisotopic (exact) mass is 247 g/mol. The lowest BCUT2D eigenvalue weighted by Gasteiger charge is -2.26. The first-order valence-electron chi connectivity index (χ1n) is 7.13. The van der Waals surface area contributed by atoms with Crippen molar-refractivity contribution in [1.29, 1.82) is 0 Å². The minimum Gasteiger partial charge on any atom is -0.398 e. The topological polar surface area (TPSA) is 41.3 Å². The third kappa shape index (κ3) is 4.31. The molecule has 0 unspecified atom stereocenters. The molecule has 0 aromatic heterocycles. The number of likely N-dealkylation sites (tertiary alicyclic amines) is 1. The molecule has 100 valence electrons. The second-order valence-electron chi connectivity index (χ2n) is 5.13. The zero-order valence-electron chi connectivity index (χ0n) is 11.2. The highest BCUT2D eigenvalue weighted by atomic mass is 15.1. The van der Waals surface area contributed by atoms with Crippen molar-refractivity contribution in [3.05, 3.63) is 29.8 Å². The van der Waals surface area contributed by atoms with Crippen molar-refractivity contribution < 1.29 is 0 Å².